The Balaban J connectivity index is 2.09. The number of nitrogens with zero attached hydrogens (tertiary/aromatic N) is 1. The largest absolute Gasteiger partial charge is 0.405 e. The fraction of sp³-hybridized carbons (Fsp3) is 0.579. The van der Waals surface area contributed by atoms with E-state index in [1.165, 1.54) is 12.1 Å². The number of morpholine rings is 1. The summed E-state index contributed by atoms with van der Waals surface area (Å²) in [6.45, 7) is 5.83. The molecule has 1 atom stereocenters. The molecule has 1 aliphatic rings. The van der Waals surface area contributed by atoms with Gasteiger partial charge >= 0.3 is 12.2 Å². The number of carbonyl (C=O) groups is 2. The highest BCUT2D eigenvalue weighted by Gasteiger charge is 2.29. The van der Waals surface area contributed by atoms with Gasteiger partial charge in [-0.2, -0.15) is 13.2 Å². The van der Waals surface area contributed by atoms with Crippen molar-refractivity contribution in [1.29, 1.82) is 0 Å². The third-order valence-corrected chi connectivity index (χ3v) is 4.42. The van der Waals surface area contributed by atoms with E-state index in [4.69, 9.17) is 4.74 Å². The third-order valence-electron chi connectivity index (χ3n) is 4.42. The Morgan fingerprint density at radius 2 is 2.04 bits per heavy atom. The van der Waals surface area contributed by atoms with Crippen LogP contribution in [-0.2, 0) is 4.74 Å². The summed E-state index contributed by atoms with van der Waals surface area (Å²) in [5.74, 6) is -0.457. The van der Waals surface area contributed by atoms with Crippen molar-refractivity contribution in [1.82, 2.24) is 10.2 Å². The number of nitrogens with one attached hydrogen (secondary N) is 2. The molecule has 1 aliphatic heterocycles. The van der Waals surface area contributed by atoms with Crippen molar-refractivity contribution in [2.24, 2.45) is 5.92 Å². The molecule has 0 aliphatic carbocycles. The average molecular weight is 401 g/mol. The first kappa shape index (κ1) is 22.0. The first-order chi connectivity index (χ1) is 13.1. The highest BCUT2D eigenvalue weighted by molar-refractivity contribution is 5.97. The van der Waals surface area contributed by atoms with Gasteiger partial charge in [-0.3, -0.25) is 4.79 Å². The van der Waals surface area contributed by atoms with E-state index in [2.05, 4.69) is 19.2 Å². The minimum atomic E-state index is -4.49. The zero-order valence-electron chi connectivity index (χ0n) is 16.2. The van der Waals surface area contributed by atoms with Gasteiger partial charge in [0.15, 0.2) is 0 Å². The lowest BCUT2D eigenvalue weighted by molar-refractivity contribution is -0.123. The predicted molar refractivity (Wildman–Crippen MR) is 99.4 cm³/mol. The predicted octanol–water partition coefficient (Wildman–Crippen LogP) is 3.57. The molecule has 6 nitrogen and oxygen atoms in total. The smallest absolute Gasteiger partial charge is 0.377 e. The molecule has 1 heterocycles. The highest BCUT2D eigenvalue weighted by atomic mass is 19.4. The third kappa shape index (κ3) is 6.40. The van der Waals surface area contributed by atoms with Crippen LogP contribution in [0.4, 0.5) is 23.7 Å². The van der Waals surface area contributed by atoms with Crippen LogP contribution in [0.1, 0.15) is 36.2 Å². The Morgan fingerprint density at radius 3 is 2.68 bits per heavy atom. The maximum atomic E-state index is 12.8. The molecular weight excluding hydrogens is 375 g/mol. The second-order valence-corrected chi connectivity index (χ2v) is 7.31. The van der Waals surface area contributed by atoms with Gasteiger partial charge in [0.2, 0.25) is 0 Å². The fourth-order valence-corrected chi connectivity index (χ4v) is 3.03. The number of hydrogen-bond acceptors (Lipinski definition) is 3. The van der Waals surface area contributed by atoms with Crippen molar-refractivity contribution in [2.45, 2.75) is 39.4 Å². The molecule has 0 radical (unpaired) electrons. The highest BCUT2D eigenvalue weighted by Crippen LogP contribution is 2.21. The molecule has 1 fully saturated rings. The Bertz CT molecular complexity index is 707. The monoisotopic (exact) mass is 401 g/mol. The number of ether oxygens (including phenoxy) is 1. The van der Waals surface area contributed by atoms with E-state index < -0.39 is 18.6 Å². The number of alkyl halides is 3. The van der Waals surface area contributed by atoms with Gasteiger partial charge in [0.1, 0.15) is 6.54 Å². The minimum absolute atomic E-state index is 0.0471. The van der Waals surface area contributed by atoms with Crippen molar-refractivity contribution in [2.75, 3.05) is 31.6 Å². The van der Waals surface area contributed by atoms with Crippen LogP contribution in [0.5, 0.6) is 0 Å². The van der Waals surface area contributed by atoms with E-state index in [-0.39, 0.29) is 17.6 Å². The van der Waals surface area contributed by atoms with Gasteiger partial charge in [-0.1, -0.05) is 19.9 Å². The summed E-state index contributed by atoms with van der Waals surface area (Å²) >= 11 is 0. The van der Waals surface area contributed by atoms with Gasteiger partial charge in [0, 0.05) is 17.8 Å². The summed E-state index contributed by atoms with van der Waals surface area (Å²) in [7, 11) is 0. The Labute approximate surface area is 162 Å². The second-order valence-electron chi connectivity index (χ2n) is 7.31. The molecule has 0 bridgehead atoms. The van der Waals surface area contributed by atoms with Crippen LogP contribution in [0.15, 0.2) is 18.2 Å². The molecule has 2 N–H and O–H groups in total. The zero-order chi connectivity index (χ0) is 20.9. The van der Waals surface area contributed by atoms with Crippen LogP contribution in [0, 0.1) is 12.8 Å². The lowest BCUT2D eigenvalue weighted by Gasteiger charge is -2.36. The molecule has 2 rings (SSSR count). The number of anilines is 1. The molecule has 9 heteroatoms. The van der Waals surface area contributed by atoms with Gasteiger partial charge in [0.25, 0.3) is 5.91 Å². The summed E-state index contributed by atoms with van der Waals surface area (Å²) in [6.07, 6.45) is -3.69. The molecule has 1 saturated heterocycles. The average Bonchev–Trinajstić information content (AvgIpc) is 2.60. The number of carbonyl (C=O) groups excluding carboxylic acids is 2. The Hall–Kier alpha value is -2.29. The van der Waals surface area contributed by atoms with Gasteiger partial charge in [-0.05, 0) is 37.0 Å². The van der Waals surface area contributed by atoms with E-state index >= 15 is 0 Å². The molecule has 1 aromatic carbocycles. The lowest BCUT2D eigenvalue weighted by atomic mass is 10.0. The van der Waals surface area contributed by atoms with E-state index in [0.717, 1.165) is 6.42 Å². The van der Waals surface area contributed by atoms with Crippen LogP contribution in [0.2, 0.25) is 0 Å². The topological polar surface area (TPSA) is 70.7 Å². The van der Waals surface area contributed by atoms with Crippen LogP contribution in [0.25, 0.3) is 0 Å². The molecule has 1 aromatic rings. The van der Waals surface area contributed by atoms with Gasteiger partial charge in [0.05, 0.1) is 19.3 Å². The summed E-state index contributed by atoms with van der Waals surface area (Å²) < 4.78 is 42.4. The summed E-state index contributed by atoms with van der Waals surface area (Å²) in [5.41, 5.74) is 1.14. The molecule has 3 amide bonds. The van der Waals surface area contributed by atoms with E-state index in [9.17, 15) is 22.8 Å². The van der Waals surface area contributed by atoms with Crippen molar-refractivity contribution >= 4 is 17.6 Å². The molecule has 156 valence electrons. The number of hydrogen-bond donors (Lipinski definition) is 2. The summed E-state index contributed by atoms with van der Waals surface area (Å²) in [5, 5.41) is 4.61. The Morgan fingerprint density at radius 1 is 1.32 bits per heavy atom. The van der Waals surface area contributed by atoms with Crippen molar-refractivity contribution in [3.05, 3.63) is 29.3 Å². The lowest BCUT2D eigenvalue weighted by Crippen LogP contribution is -2.50. The Kier molecular flexibility index (Phi) is 7.29. The molecule has 0 aromatic heterocycles. The number of rotatable bonds is 5. The molecular formula is C19H26F3N3O3. The molecule has 0 spiro atoms. The van der Waals surface area contributed by atoms with E-state index in [1.54, 1.807) is 17.9 Å². The van der Waals surface area contributed by atoms with E-state index in [1.807, 2.05) is 5.32 Å². The maximum Gasteiger partial charge on any atom is 0.405 e. The first-order valence-corrected chi connectivity index (χ1v) is 9.18. The van der Waals surface area contributed by atoms with Crippen LogP contribution in [-0.4, -0.2) is 55.4 Å². The number of halogens is 3. The zero-order valence-corrected chi connectivity index (χ0v) is 16.2. The SMILES string of the molecule is Cc1ccc(C(=O)NCC(F)(F)F)cc1NC(=O)N1CCOCC1CC(C)C. The normalized spacial score (nSPS) is 17.5. The van der Waals surface area contributed by atoms with E-state index in [0.29, 0.717) is 36.9 Å². The summed E-state index contributed by atoms with van der Waals surface area (Å²) in [6, 6.07) is 4.03. The minimum Gasteiger partial charge on any atom is -0.377 e. The maximum absolute atomic E-state index is 12.8. The summed E-state index contributed by atoms with van der Waals surface area (Å²) in [4.78, 5) is 26.4. The van der Waals surface area contributed by atoms with Crippen molar-refractivity contribution in [3.63, 3.8) is 0 Å². The fourth-order valence-electron chi connectivity index (χ4n) is 3.03. The first-order valence-electron chi connectivity index (χ1n) is 9.18. The molecule has 28 heavy (non-hydrogen) atoms. The standard InChI is InChI=1S/C19H26F3N3O3/c1-12(2)8-15-10-28-7-6-25(15)18(27)24-16-9-14(5-4-13(16)3)17(26)23-11-19(20,21)22/h4-5,9,12,15H,6-8,10-11H2,1-3H3,(H,23,26)(H,24,27). The molecule has 1 unspecified atom stereocenters. The quantitative estimate of drug-likeness (QED) is 0.793. The van der Waals surface area contributed by atoms with Crippen LogP contribution >= 0.6 is 0 Å². The molecule has 0 saturated carbocycles. The van der Waals surface area contributed by atoms with Crippen LogP contribution in [0.3, 0.4) is 0 Å². The van der Waals surface area contributed by atoms with Crippen LogP contribution < -0.4 is 10.6 Å². The van der Waals surface area contributed by atoms with Crippen molar-refractivity contribution in [3.8, 4) is 0 Å². The number of amides is 3. The van der Waals surface area contributed by atoms with Gasteiger partial charge in [-0.15, -0.1) is 0 Å². The number of benzene rings is 1. The van der Waals surface area contributed by atoms with Gasteiger partial charge in [-0.25, -0.2) is 4.79 Å². The van der Waals surface area contributed by atoms with Crippen molar-refractivity contribution < 1.29 is 27.5 Å². The second kappa shape index (κ2) is 9.27. The van der Waals surface area contributed by atoms with Gasteiger partial charge < -0.3 is 20.3 Å². The number of urea groups is 1. The number of aryl methyl sites for hydroxylation is 1.